The predicted molar refractivity (Wildman–Crippen MR) is 109 cm³/mol. The molecule has 0 unspecified atom stereocenters. The van der Waals surface area contributed by atoms with E-state index in [1.165, 1.54) is 0 Å². The van der Waals surface area contributed by atoms with Crippen LogP contribution >= 0.6 is 13.4 Å². The third kappa shape index (κ3) is 11.6. The van der Waals surface area contributed by atoms with E-state index in [-0.39, 0.29) is 6.61 Å². The summed E-state index contributed by atoms with van der Waals surface area (Å²) >= 11 is 10.4. The summed E-state index contributed by atoms with van der Waals surface area (Å²) in [5.74, 6) is 0. The van der Waals surface area contributed by atoms with Gasteiger partial charge >= 0.3 is 13.4 Å². The summed E-state index contributed by atoms with van der Waals surface area (Å²) in [6.07, 6.45) is 0. The van der Waals surface area contributed by atoms with Gasteiger partial charge in [-0.05, 0) is 56.9 Å². The monoisotopic (exact) mass is 430 g/mol. The first-order valence-corrected chi connectivity index (χ1v) is 13.1. The van der Waals surface area contributed by atoms with Gasteiger partial charge in [-0.3, -0.25) is 0 Å². The molecule has 6 nitrogen and oxygen atoms in total. The molecule has 25 heavy (non-hydrogen) atoms. The maximum Gasteiger partial charge on any atom is 0.334 e. The number of aliphatic hydroxyl groups is 1. The number of benzene rings is 1. The Morgan fingerprint density at radius 3 is 1.36 bits per heavy atom. The number of hydrogen-bond acceptors (Lipinski definition) is 8. The average molecular weight is 430 g/mol. The van der Waals surface area contributed by atoms with E-state index < -0.39 is 13.4 Å². The molecule has 1 rings (SSSR count). The summed E-state index contributed by atoms with van der Waals surface area (Å²) in [6.45, 7) is 3.23. The van der Waals surface area contributed by atoms with Crippen LogP contribution in [0.15, 0.2) is 30.3 Å². The zero-order chi connectivity index (χ0) is 19.2. The molecule has 1 aromatic carbocycles. The number of rotatable bonds is 11. The Balaban J connectivity index is 0.000000593. The average Bonchev–Trinajstić information content (AvgIpc) is 2.56. The van der Waals surface area contributed by atoms with E-state index in [0.29, 0.717) is 26.4 Å². The molecule has 0 aliphatic rings. The summed E-state index contributed by atoms with van der Waals surface area (Å²) in [4.78, 5) is 0. The van der Waals surface area contributed by atoms with Crippen LogP contribution in [0.2, 0.25) is 0 Å². The highest BCUT2D eigenvalue weighted by Crippen LogP contribution is 2.66. The van der Waals surface area contributed by atoms with Crippen molar-refractivity contribution in [3.63, 3.8) is 0 Å². The van der Waals surface area contributed by atoms with Crippen LogP contribution in [0.25, 0.3) is 0 Å². The van der Waals surface area contributed by atoms with E-state index >= 15 is 0 Å². The number of hydrogen-bond donors (Lipinski definition) is 1. The lowest BCUT2D eigenvalue weighted by Gasteiger charge is -2.27. The van der Waals surface area contributed by atoms with Crippen LogP contribution in [0.3, 0.4) is 0 Å². The molecule has 0 amide bonds. The van der Waals surface area contributed by atoms with Gasteiger partial charge in [-0.25, -0.2) is 4.31 Å². The highest BCUT2D eigenvalue weighted by Gasteiger charge is 2.31. The zero-order valence-corrected chi connectivity index (χ0v) is 18.5. The van der Waals surface area contributed by atoms with Gasteiger partial charge in [0.2, 0.25) is 0 Å². The van der Waals surface area contributed by atoms with E-state index in [1.54, 1.807) is 0 Å². The fraction of sp³-hybridized carbons (Fsp3) is 0.600. The zero-order valence-electron chi connectivity index (χ0n) is 15.1. The predicted octanol–water partition coefficient (Wildman–Crippen LogP) is 4.78. The Hall–Kier alpha value is 0.280. The standard InChI is InChI=1S/C8H20O5P2S2.C7H8O/c1-5-9-14(16,10-6-2)13-15(17,11-7-3)12-8-4;8-6-7-4-2-1-3-5-7/h5-8H2,1-4H3;1-5,8H,6H2. The van der Waals surface area contributed by atoms with Gasteiger partial charge in [0, 0.05) is 0 Å². The number of aliphatic hydroxyl groups excluding tert-OH is 1. The summed E-state index contributed by atoms with van der Waals surface area (Å²) in [6, 6.07) is 9.52. The minimum atomic E-state index is -2.87. The molecule has 0 bridgehead atoms. The molecule has 0 heterocycles. The molecule has 0 aromatic heterocycles. The molecule has 0 aliphatic heterocycles. The largest absolute Gasteiger partial charge is 0.392 e. The highest BCUT2D eigenvalue weighted by atomic mass is 32.5. The molecule has 1 N–H and O–H groups in total. The third-order valence-corrected chi connectivity index (χ3v) is 8.74. The third-order valence-electron chi connectivity index (χ3n) is 2.37. The molecule has 0 spiro atoms. The quantitative estimate of drug-likeness (QED) is 0.504. The topological polar surface area (TPSA) is 66.4 Å². The van der Waals surface area contributed by atoms with Crippen molar-refractivity contribution < 1.29 is 27.5 Å². The second-order valence-corrected chi connectivity index (χ2v) is 10.4. The van der Waals surface area contributed by atoms with E-state index in [1.807, 2.05) is 58.0 Å². The first-order chi connectivity index (χ1) is 11.9. The van der Waals surface area contributed by atoms with Crippen molar-refractivity contribution in [2.45, 2.75) is 34.3 Å². The fourth-order valence-corrected chi connectivity index (χ4v) is 7.88. The highest BCUT2D eigenvalue weighted by molar-refractivity contribution is 8.14. The van der Waals surface area contributed by atoms with Crippen molar-refractivity contribution in [3.05, 3.63) is 35.9 Å². The first kappa shape index (κ1) is 25.3. The fourth-order valence-electron chi connectivity index (χ4n) is 1.51. The van der Waals surface area contributed by atoms with E-state index in [4.69, 9.17) is 51.1 Å². The van der Waals surface area contributed by atoms with Crippen LogP contribution in [0.4, 0.5) is 0 Å². The van der Waals surface area contributed by atoms with Crippen LogP contribution in [-0.2, 0) is 52.6 Å². The van der Waals surface area contributed by atoms with Crippen LogP contribution in [0, 0.1) is 0 Å². The Labute approximate surface area is 161 Å². The lowest BCUT2D eigenvalue weighted by atomic mass is 10.2. The van der Waals surface area contributed by atoms with Crippen molar-refractivity contribution in [2.75, 3.05) is 26.4 Å². The van der Waals surface area contributed by atoms with Crippen molar-refractivity contribution in [1.82, 2.24) is 0 Å². The Bertz CT molecular complexity index is 496. The maximum atomic E-state index is 8.54. The normalized spacial score (nSPS) is 11.7. The lowest BCUT2D eigenvalue weighted by Crippen LogP contribution is -2.03. The summed E-state index contributed by atoms with van der Waals surface area (Å²) < 4.78 is 26.9. The van der Waals surface area contributed by atoms with Crippen LogP contribution in [0.1, 0.15) is 33.3 Å². The SMILES string of the molecule is CCOP(=S)(OCC)OP(=S)(OCC)OCC.OCc1ccccc1. The molecule has 0 aliphatic carbocycles. The van der Waals surface area contributed by atoms with Crippen LogP contribution in [-0.4, -0.2) is 31.5 Å². The molecule has 0 fully saturated rings. The lowest BCUT2D eigenvalue weighted by molar-refractivity contribution is 0.176. The molecule has 146 valence electrons. The Morgan fingerprint density at radius 2 is 1.12 bits per heavy atom. The van der Waals surface area contributed by atoms with Gasteiger partial charge in [-0.1, -0.05) is 30.3 Å². The van der Waals surface area contributed by atoms with E-state index in [0.717, 1.165) is 5.56 Å². The van der Waals surface area contributed by atoms with Gasteiger partial charge in [0.05, 0.1) is 33.0 Å². The molecule has 0 saturated carbocycles. The van der Waals surface area contributed by atoms with Gasteiger partial charge in [-0.15, -0.1) is 0 Å². The van der Waals surface area contributed by atoms with Gasteiger partial charge in [-0.2, -0.15) is 0 Å². The molecule has 0 radical (unpaired) electrons. The van der Waals surface area contributed by atoms with E-state index in [2.05, 4.69) is 0 Å². The van der Waals surface area contributed by atoms with Crippen LogP contribution in [0.5, 0.6) is 0 Å². The van der Waals surface area contributed by atoms with Crippen LogP contribution < -0.4 is 0 Å². The van der Waals surface area contributed by atoms with Crippen molar-refractivity contribution in [1.29, 1.82) is 0 Å². The molecule has 10 heteroatoms. The van der Waals surface area contributed by atoms with Crippen molar-refractivity contribution >= 4 is 37.1 Å². The van der Waals surface area contributed by atoms with Gasteiger partial charge in [0.15, 0.2) is 0 Å². The molecule has 1 aromatic rings. The maximum absolute atomic E-state index is 8.54. The first-order valence-electron chi connectivity index (χ1n) is 8.02. The van der Waals surface area contributed by atoms with Crippen molar-refractivity contribution in [2.24, 2.45) is 0 Å². The Morgan fingerprint density at radius 1 is 0.760 bits per heavy atom. The summed E-state index contributed by atoms with van der Waals surface area (Å²) in [7, 11) is 0. The second-order valence-electron chi connectivity index (χ2n) is 4.29. The van der Waals surface area contributed by atoms with E-state index in [9.17, 15) is 0 Å². The second kappa shape index (κ2) is 14.4. The smallest absolute Gasteiger partial charge is 0.334 e. The molecule has 0 atom stereocenters. The summed E-state index contributed by atoms with van der Waals surface area (Å²) in [5.41, 5.74) is 0.965. The summed E-state index contributed by atoms with van der Waals surface area (Å²) in [5, 5.41) is 8.54. The van der Waals surface area contributed by atoms with Gasteiger partial charge in [0.25, 0.3) is 0 Å². The van der Waals surface area contributed by atoms with Crippen molar-refractivity contribution in [3.8, 4) is 0 Å². The minimum Gasteiger partial charge on any atom is -0.392 e. The minimum absolute atomic E-state index is 0.140. The Kier molecular flexibility index (Phi) is 14.5. The molecular weight excluding hydrogens is 402 g/mol. The molecule has 0 saturated heterocycles. The van der Waals surface area contributed by atoms with Gasteiger partial charge in [0.1, 0.15) is 0 Å². The van der Waals surface area contributed by atoms with Gasteiger partial charge < -0.3 is 23.2 Å². The molecular formula is C15H28O6P2S2.